The molecule has 1 fully saturated rings. The van der Waals surface area contributed by atoms with Crippen LogP contribution in [0.25, 0.3) is 0 Å². The second-order valence-electron chi connectivity index (χ2n) is 7.01. The van der Waals surface area contributed by atoms with Crippen molar-refractivity contribution in [2.45, 2.75) is 19.0 Å². The Hall–Kier alpha value is -2.92. The van der Waals surface area contributed by atoms with Crippen LogP contribution in [0.3, 0.4) is 0 Å². The fraction of sp³-hybridized carbons (Fsp3) is 0.304. The number of likely N-dealkylation sites (tertiary alicyclic amines) is 1. The monoisotopic (exact) mass is 379 g/mol. The highest BCUT2D eigenvalue weighted by molar-refractivity contribution is 6.03. The number of carbonyl (C=O) groups is 2. The van der Waals surface area contributed by atoms with Gasteiger partial charge in [0.2, 0.25) is 0 Å². The van der Waals surface area contributed by atoms with E-state index in [1.165, 1.54) is 14.2 Å². The fourth-order valence-corrected chi connectivity index (χ4v) is 3.93. The molecule has 2 aromatic carbocycles. The molecule has 1 atom stereocenters. The Balaban J connectivity index is 2.03. The number of ether oxygens (including phenoxy) is 2. The summed E-state index contributed by atoms with van der Waals surface area (Å²) in [7, 11) is 2.57. The summed E-state index contributed by atoms with van der Waals surface area (Å²) in [5, 5.41) is 0. The number of piperidine rings is 1. The first-order chi connectivity index (χ1) is 13.5. The number of nitrogens with zero attached hydrogens (tertiary/aromatic N) is 1. The average molecular weight is 379 g/mol. The smallest absolute Gasteiger partial charge is 0.327 e. The van der Waals surface area contributed by atoms with Crippen molar-refractivity contribution in [3.8, 4) is 0 Å². The van der Waals surface area contributed by atoms with Crippen molar-refractivity contribution in [2.24, 2.45) is 5.41 Å². The van der Waals surface area contributed by atoms with Gasteiger partial charge in [-0.25, -0.2) is 0 Å². The second-order valence-corrected chi connectivity index (χ2v) is 7.01. The summed E-state index contributed by atoms with van der Waals surface area (Å²) in [5.74, 6) is -1.24. The van der Waals surface area contributed by atoms with Gasteiger partial charge in [0.15, 0.2) is 5.41 Å². The van der Waals surface area contributed by atoms with Crippen LogP contribution >= 0.6 is 0 Å². The van der Waals surface area contributed by atoms with E-state index in [0.717, 1.165) is 11.1 Å². The number of hydrogen-bond acceptors (Lipinski definition) is 5. The summed E-state index contributed by atoms with van der Waals surface area (Å²) < 4.78 is 10.0. The van der Waals surface area contributed by atoms with E-state index in [-0.39, 0.29) is 12.5 Å². The topological polar surface area (TPSA) is 55.8 Å². The molecule has 1 saturated heterocycles. The molecule has 1 heterocycles. The standard InChI is InChI=1S/C23H25NO4/c1-17-15-24(16-18-10-6-4-7-11-18)20(19-12-8-5-9-13-19)14-23(17,21(25)27-2)22(26)28-3/h4-13,20H,1,14-16H2,2-3H3. The van der Waals surface area contributed by atoms with E-state index in [9.17, 15) is 9.59 Å². The molecule has 0 radical (unpaired) electrons. The first kappa shape index (κ1) is 19.8. The summed E-state index contributed by atoms with van der Waals surface area (Å²) in [6.07, 6.45) is 0.224. The number of hydrogen-bond donors (Lipinski definition) is 0. The summed E-state index contributed by atoms with van der Waals surface area (Å²) in [6.45, 7) is 5.15. The summed E-state index contributed by atoms with van der Waals surface area (Å²) in [6, 6.07) is 19.8. The highest BCUT2D eigenvalue weighted by Gasteiger charge is 2.55. The number of carbonyl (C=O) groups excluding carboxylic acids is 2. The molecule has 3 rings (SSSR count). The molecule has 0 saturated carbocycles. The zero-order valence-electron chi connectivity index (χ0n) is 16.3. The molecule has 0 N–H and O–H groups in total. The van der Waals surface area contributed by atoms with Crippen LogP contribution in [-0.2, 0) is 25.6 Å². The maximum atomic E-state index is 12.7. The molecule has 146 valence electrons. The summed E-state index contributed by atoms with van der Waals surface area (Å²) in [4.78, 5) is 27.7. The van der Waals surface area contributed by atoms with Crippen LogP contribution in [-0.4, -0.2) is 37.6 Å². The summed E-state index contributed by atoms with van der Waals surface area (Å²) >= 11 is 0. The van der Waals surface area contributed by atoms with Crippen LogP contribution in [0.15, 0.2) is 72.8 Å². The molecule has 5 heteroatoms. The second kappa shape index (κ2) is 8.40. The Labute approximate surface area is 165 Å². The largest absolute Gasteiger partial charge is 0.468 e. The van der Waals surface area contributed by atoms with Crippen molar-refractivity contribution in [3.05, 3.63) is 83.9 Å². The number of esters is 2. The van der Waals surface area contributed by atoms with Crippen molar-refractivity contribution in [3.63, 3.8) is 0 Å². The minimum absolute atomic E-state index is 0.162. The molecule has 2 aromatic rings. The molecule has 0 bridgehead atoms. The van der Waals surface area contributed by atoms with E-state index >= 15 is 0 Å². The Morgan fingerprint density at radius 1 is 1.00 bits per heavy atom. The van der Waals surface area contributed by atoms with Crippen LogP contribution in [0.4, 0.5) is 0 Å². The Morgan fingerprint density at radius 2 is 1.54 bits per heavy atom. The van der Waals surface area contributed by atoms with Crippen molar-refractivity contribution < 1.29 is 19.1 Å². The van der Waals surface area contributed by atoms with Crippen LogP contribution in [0.1, 0.15) is 23.6 Å². The fourth-order valence-electron chi connectivity index (χ4n) is 3.93. The normalized spacial score (nSPS) is 19.1. The quantitative estimate of drug-likeness (QED) is 0.452. The molecule has 0 aliphatic carbocycles. The Bertz CT molecular complexity index is 831. The van der Waals surface area contributed by atoms with E-state index < -0.39 is 17.4 Å². The Kier molecular flexibility index (Phi) is 5.95. The SMILES string of the molecule is C=C1CN(Cc2ccccc2)C(c2ccccc2)CC1(C(=O)OC)C(=O)OC. The molecule has 1 unspecified atom stereocenters. The first-order valence-corrected chi connectivity index (χ1v) is 9.21. The average Bonchev–Trinajstić information content (AvgIpc) is 2.74. The third-order valence-corrected chi connectivity index (χ3v) is 5.42. The highest BCUT2D eigenvalue weighted by atomic mass is 16.5. The zero-order valence-corrected chi connectivity index (χ0v) is 16.3. The zero-order chi connectivity index (χ0) is 20.1. The van der Waals surface area contributed by atoms with E-state index in [1.807, 2.05) is 48.5 Å². The lowest BCUT2D eigenvalue weighted by Crippen LogP contribution is -2.52. The lowest BCUT2D eigenvalue weighted by molar-refractivity contribution is -0.169. The molecule has 1 aliphatic heterocycles. The van der Waals surface area contributed by atoms with Crippen molar-refractivity contribution in [2.75, 3.05) is 20.8 Å². The van der Waals surface area contributed by atoms with Crippen LogP contribution in [0.5, 0.6) is 0 Å². The van der Waals surface area contributed by atoms with Gasteiger partial charge in [-0.3, -0.25) is 14.5 Å². The molecule has 0 spiro atoms. The lowest BCUT2D eigenvalue weighted by Gasteiger charge is -2.45. The van der Waals surface area contributed by atoms with Crippen molar-refractivity contribution >= 4 is 11.9 Å². The third-order valence-electron chi connectivity index (χ3n) is 5.42. The third kappa shape index (κ3) is 3.58. The van der Waals surface area contributed by atoms with E-state index in [0.29, 0.717) is 18.7 Å². The highest BCUT2D eigenvalue weighted by Crippen LogP contribution is 2.46. The molecule has 1 aliphatic rings. The van der Waals surface area contributed by atoms with Gasteiger partial charge in [0.1, 0.15) is 0 Å². The van der Waals surface area contributed by atoms with Crippen LogP contribution in [0, 0.1) is 5.41 Å². The minimum atomic E-state index is -1.50. The number of benzene rings is 2. The van der Waals surface area contributed by atoms with E-state index in [1.54, 1.807) is 0 Å². The van der Waals surface area contributed by atoms with Crippen molar-refractivity contribution in [1.29, 1.82) is 0 Å². The molecule has 5 nitrogen and oxygen atoms in total. The first-order valence-electron chi connectivity index (χ1n) is 9.21. The number of methoxy groups -OCH3 is 2. The van der Waals surface area contributed by atoms with E-state index in [2.05, 4.69) is 23.6 Å². The summed E-state index contributed by atoms with van der Waals surface area (Å²) in [5.41, 5.74) is 1.18. The van der Waals surface area contributed by atoms with Crippen LogP contribution in [0.2, 0.25) is 0 Å². The van der Waals surface area contributed by atoms with Gasteiger partial charge < -0.3 is 9.47 Å². The lowest BCUT2D eigenvalue weighted by atomic mass is 9.70. The maximum Gasteiger partial charge on any atom is 0.327 e. The maximum absolute atomic E-state index is 12.7. The van der Waals surface area contributed by atoms with Gasteiger partial charge in [0.25, 0.3) is 0 Å². The minimum Gasteiger partial charge on any atom is -0.468 e. The van der Waals surface area contributed by atoms with Gasteiger partial charge in [-0.1, -0.05) is 67.2 Å². The van der Waals surface area contributed by atoms with E-state index in [4.69, 9.17) is 9.47 Å². The number of rotatable bonds is 5. The molecule has 0 amide bonds. The van der Waals surface area contributed by atoms with Crippen LogP contribution < -0.4 is 0 Å². The van der Waals surface area contributed by atoms with Gasteiger partial charge in [-0.15, -0.1) is 0 Å². The molecule has 0 aromatic heterocycles. The molecular weight excluding hydrogens is 354 g/mol. The Morgan fingerprint density at radius 3 is 2.07 bits per heavy atom. The predicted octanol–water partition coefficient (Wildman–Crippen LogP) is 3.52. The molecule has 28 heavy (non-hydrogen) atoms. The van der Waals surface area contributed by atoms with Gasteiger partial charge in [-0.05, 0) is 23.1 Å². The van der Waals surface area contributed by atoms with Gasteiger partial charge in [0.05, 0.1) is 14.2 Å². The van der Waals surface area contributed by atoms with Crippen molar-refractivity contribution in [1.82, 2.24) is 4.90 Å². The van der Waals surface area contributed by atoms with Gasteiger partial charge in [0, 0.05) is 19.1 Å². The molecular formula is C23H25NO4. The van der Waals surface area contributed by atoms with Gasteiger partial charge in [-0.2, -0.15) is 0 Å². The predicted molar refractivity (Wildman–Crippen MR) is 106 cm³/mol. The van der Waals surface area contributed by atoms with Gasteiger partial charge >= 0.3 is 11.9 Å².